The molecular formula is C49H40BF4N3. The van der Waals surface area contributed by atoms with Crippen molar-refractivity contribution < 1.29 is 21.8 Å². The predicted molar refractivity (Wildman–Crippen MR) is 231 cm³/mol. The van der Waals surface area contributed by atoms with Crippen LogP contribution >= 0.6 is 0 Å². The van der Waals surface area contributed by atoms with Gasteiger partial charge < -0.3 is 26.7 Å². The zero-order valence-corrected chi connectivity index (χ0v) is 31.3. The number of para-hydroxylation sites is 2. The molecule has 0 bridgehead atoms. The summed E-state index contributed by atoms with van der Waals surface area (Å²) in [6, 6.07) is 48.0. The molecule has 0 N–H and O–H groups in total. The van der Waals surface area contributed by atoms with Crippen molar-refractivity contribution in [3.8, 4) is 0 Å². The Bertz CT molecular complexity index is 2770. The molecule has 6 aromatic carbocycles. The first kappa shape index (κ1) is 37.3. The van der Waals surface area contributed by atoms with Gasteiger partial charge >= 0.3 is 7.25 Å². The van der Waals surface area contributed by atoms with Gasteiger partial charge in [-0.3, -0.25) is 0 Å². The molecule has 2 heterocycles. The number of halogens is 4. The van der Waals surface area contributed by atoms with Gasteiger partial charge in [0.25, 0.3) is 0 Å². The lowest BCUT2D eigenvalue weighted by molar-refractivity contribution is -0.423. The lowest BCUT2D eigenvalue weighted by Crippen LogP contribution is -2.18. The van der Waals surface area contributed by atoms with Gasteiger partial charge in [-0.15, -0.1) is 6.58 Å². The molecule has 8 heteroatoms. The summed E-state index contributed by atoms with van der Waals surface area (Å²) in [5.41, 5.74) is 11.1. The van der Waals surface area contributed by atoms with Gasteiger partial charge in [0.2, 0.25) is 11.4 Å². The Morgan fingerprint density at radius 3 is 1.91 bits per heavy atom. The fourth-order valence-electron chi connectivity index (χ4n) is 8.33. The third-order valence-corrected chi connectivity index (χ3v) is 10.5. The molecule has 0 atom stereocenters. The maximum absolute atomic E-state index is 9.75. The van der Waals surface area contributed by atoms with Gasteiger partial charge in [0, 0.05) is 51.7 Å². The molecule has 3 nitrogen and oxygen atoms in total. The Morgan fingerprint density at radius 1 is 0.649 bits per heavy atom. The monoisotopic (exact) mass is 757 g/mol. The number of hydrogen-bond donors (Lipinski definition) is 0. The quantitative estimate of drug-likeness (QED) is 0.0585. The first-order chi connectivity index (χ1) is 27.7. The zero-order chi connectivity index (χ0) is 39.5. The van der Waals surface area contributed by atoms with Crippen LogP contribution in [0.5, 0.6) is 0 Å². The second kappa shape index (κ2) is 15.8. The summed E-state index contributed by atoms with van der Waals surface area (Å²) in [4.78, 5) is 2.44. The average molecular weight is 758 g/mol. The molecule has 0 radical (unpaired) electrons. The van der Waals surface area contributed by atoms with Crippen molar-refractivity contribution in [2.45, 2.75) is 19.4 Å². The van der Waals surface area contributed by atoms with E-state index in [0.29, 0.717) is 0 Å². The Labute approximate surface area is 329 Å². The van der Waals surface area contributed by atoms with Crippen molar-refractivity contribution >= 4 is 68.6 Å². The maximum atomic E-state index is 9.75. The second-order valence-electron chi connectivity index (χ2n) is 14.0. The van der Waals surface area contributed by atoms with Crippen LogP contribution < -0.4 is 10.2 Å². The summed E-state index contributed by atoms with van der Waals surface area (Å²) in [7, 11) is -6.00. The number of nitrogens with zero attached hydrogens (tertiary/aromatic N) is 3. The van der Waals surface area contributed by atoms with E-state index in [0.717, 1.165) is 37.3 Å². The standard InChI is InChI=1S/C49H40N3.BF4/c1-3-33-50-43(41-23-11-15-35-17-13-25-45(50)47(35)41)31-29-37-27-28-38(49(37)52(39-19-7-5-8-20-39)40-21-9-6-10-22-40)30-32-44-42-24-12-16-36-18-14-26-46(48(36)42)51(44)34-4-2;2-1(3,4)5/h3-26,29-32H,1-2,27-28,33-34H2;/q+1;-1. The maximum Gasteiger partial charge on any atom is 0.673 e. The van der Waals surface area contributed by atoms with E-state index in [1.54, 1.807) is 0 Å². The molecule has 7 aromatic rings. The van der Waals surface area contributed by atoms with Gasteiger partial charge in [-0.05, 0) is 83.3 Å². The minimum Gasteiger partial charge on any atom is -0.418 e. The van der Waals surface area contributed by atoms with Crippen LogP contribution in [-0.4, -0.2) is 28.7 Å². The van der Waals surface area contributed by atoms with Gasteiger partial charge in [0.1, 0.15) is 0 Å². The molecule has 1 aliphatic carbocycles. The number of aromatic nitrogens is 1. The third kappa shape index (κ3) is 7.39. The SMILES string of the molecule is C=CCn1/c(=C/C=C2\CCC(/C=C/C3=[N+](CC=C)c4cccc5cccc3c45)=C2N(c2ccccc2)c2ccccc2)c2cccc3cccc1c32.F[B-](F)(F)F. The first-order valence-corrected chi connectivity index (χ1v) is 19.0. The van der Waals surface area contributed by atoms with Crippen LogP contribution in [0, 0.1) is 0 Å². The Morgan fingerprint density at radius 2 is 1.26 bits per heavy atom. The number of rotatable bonds is 10. The van der Waals surface area contributed by atoms with E-state index >= 15 is 0 Å². The van der Waals surface area contributed by atoms with Crippen LogP contribution in [0.4, 0.5) is 34.3 Å². The highest BCUT2D eigenvalue weighted by atomic mass is 19.5. The molecule has 9 rings (SSSR count). The Kier molecular flexibility index (Phi) is 10.3. The van der Waals surface area contributed by atoms with Crippen LogP contribution in [0.15, 0.2) is 194 Å². The molecule has 2 aliphatic rings. The van der Waals surface area contributed by atoms with Crippen molar-refractivity contribution in [2.24, 2.45) is 0 Å². The minimum absolute atomic E-state index is 0.745. The topological polar surface area (TPSA) is 11.2 Å². The van der Waals surface area contributed by atoms with E-state index in [4.69, 9.17) is 0 Å². The van der Waals surface area contributed by atoms with Crippen molar-refractivity contribution in [3.63, 3.8) is 0 Å². The number of hydrogen-bond acceptors (Lipinski definition) is 1. The summed E-state index contributed by atoms with van der Waals surface area (Å²) < 4.78 is 43.8. The zero-order valence-electron chi connectivity index (χ0n) is 31.3. The highest BCUT2D eigenvalue weighted by Crippen LogP contribution is 2.42. The molecule has 1 aliphatic heterocycles. The highest BCUT2D eigenvalue weighted by molar-refractivity contribution is 6.50. The van der Waals surface area contributed by atoms with Gasteiger partial charge in [0.05, 0.1) is 16.6 Å². The van der Waals surface area contributed by atoms with Crippen LogP contribution in [0.3, 0.4) is 0 Å². The Balaban J connectivity index is 0.000000859. The highest BCUT2D eigenvalue weighted by Gasteiger charge is 2.31. The number of allylic oxidation sites excluding steroid dienone is 6. The number of anilines is 2. The molecule has 57 heavy (non-hydrogen) atoms. The number of benzene rings is 6. The molecule has 0 saturated heterocycles. The van der Waals surface area contributed by atoms with Gasteiger partial charge in [-0.1, -0.05) is 116 Å². The molecule has 0 unspecified atom stereocenters. The van der Waals surface area contributed by atoms with Crippen molar-refractivity contribution in [2.75, 3.05) is 11.4 Å². The summed E-state index contributed by atoms with van der Waals surface area (Å²) in [6.45, 7) is 9.72. The van der Waals surface area contributed by atoms with Crippen molar-refractivity contribution in [1.29, 1.82) is 0 Å². The van der Waals surface area contributed by atoms with Crippen molar-refractivity contribution in [3.05, 3.63) is 205 Å². The van der Waals surface area contributed by atoms with E-state index in [-0.39, 0.29) is 0 Å². The Hall–Kier alpha value is -6.67. The smallest absolute Gasteiger partial charge is 0.418 e. The average Bonchev–Trinajstić information content (AvgIpc) is 3.85. The van der Waals surface area contributed by atoms with E-state index in [2.05, 4.69) is 185 Å². The normalized spacial score (nSPS) is 15.1. The van der Waals surface area contributed by atoms with Gasteiger partial charge in [-0.25, -0.2) is 0 Å². The van der Waals surface area contributed by atoms with Crippen LogP contribution in [0.1, 0.15) is 18.4 Å². The fraction of sp³-hybridized carbons (Fsp3) is 0.0816. The van der Waals surface area contributed by atoms with Crippen LogP contribution in [0.25, 0.3) is 38.5 Å². The second-order valence-corrected chi connectivity index (χ2v) is 14.0. The summed E-state index contributed by atoms with van der Waals surface area (Å²) in [5.74, 6) is 0. The minimum atomic E-state index is -6.00. The van der Waals surface area contributed by atoms with E-state index in [1.807, 2.05) is 12.2 Å². The molecule has 282 valence electrons. The largest absolute Gasteiger partial charge is 0.673 e. The predicted octanol–water partition coefficient (Wildman–Crippen LogP) is 12.6. The van der Waals surface area contributed by atoms with Gasteiger partial charge in [-0.2, -0.15) is 4.58 Å². The fourth-order valence-corrected chi connectivity index (χ4v) is 8.33. The molecule has 0 saturated carbocycles. The molecule has 0 fully saturated rings. The summed E-state index contributed by atoms with van der Waals surface area (Å²) >= 11 is 0. The molecule has 0 spiro atoms. The lowest BCUT2D eigenvalue weighted by Gasteiger charge is -2.28. The van der Waals surface area contributed by atoms with Crippen LogP contribution in [0.2, 0.25) is 0 Å². The van der Waals surface area contributed by atoms with E-state index < -0.39 is 7.25 Å². The van der Waals surface area contributed by atoms with Gasteiger partial charge in [0.15, 0.2) is 6.54 Å². The molecule has 0 amide bonds. The van der Waals surface area contributed by atoms with Crippen molar-refractivity contribution in [1.82, 2.24) is 4.57 Å². The lowest BCUT2D eigenvalue weighted by atomic mass is 10.0. The van der Waals surface area contributed by atoms with E-state index in [9.17, 15) is 17.3 Å². The summed E-state index contributed by atoms with van der Waals surface area (Å²) in [6.07, 6.45) is 15.3. The van der Waals surface area contributed by atoms with Crippen LogP contribution in [-0.2, 0) is 6.54 Å². The summed E-state index contributed by atoms with van der Waals surface area (Å²) in [5, 5.41) is 7.63. The first-order valence-electron chi connectivity index (χ1n) is 19.0. The molecular weight excluding hydrogens is 717 g/mol. The van der Waals surface area contributed by atoms with E-state index in [1.165, 1.54) is 71.6 Å². The third-order valence-electron chi connectivity index (χ3n) is 10.5. The molecule has 1 aromatic heterocycles.